The van der Waals surface area contributed by atoms with Crippen LogP contribution in [0.2, 0.25) is 0 Å². The fourth-order valence-electron chi connectivity index (χ4n) is 4.88. The van der Waals surface area contributed by atoms with Crippen molar-refractivity contribution in [3.8, 4) is 0 Å². The van der Waals surface area contributed by atoms with Crippen molar-refractivity contribution in [1.82, 2.24) is 9.80 Å². The molecule has 0 unspecified atom stereocenters. The van der Waals surface area contributed by atoms with Gasteiger partial charge in [-0.3, -0.25) is 4.90 Å². The molecule has 0 saturated carbocycles. The van der Waals surface area contributed by atoms with E-state index in [2.05, 4.69) is 40.6 Å². The number of aliphatic hydroxyl groups excluding tert-OH is 1. The molecule has 5 nitrogen and oxygen atoms in total. The average Bonchev–Trinajstić information content (AvgIpc) is 2.75. The maximum Gasteiger partial charge on any atom is 0.321 e. The Balaban J connectivity index is 1.51. The van der Waals surface area contributed by atoms with Gasteiger partial charge in [0.1, 0.15) is 5.82 Å². The summed E-state index contributed by atoms with van der Waals surface area (Å²) < 4.78 is 13.2. The highest BCUT2D eigenvalue weighted by Gasteiger charge is 2.49. The number of hydrogen-bond donors (Lipinski definition) is 2. The third-order valence-corrected chi connectivity index (χ3v) is 6.43. The molecule has 2 aromatic rings. The number of carbonyl (C=O) groups is 1. The van der Waals surface area contributed by atoms with Gasteiger partial charge in [0.2, 0.25) is 0 Å². The third kappa shape index (κ3) is 4.65. The lowest BCUT2D eigenvalue weighted by atomic mass is 9.74. The standard InChI is InChI=1S/C25H30FN3O2/c1-2-5-18-6-8-19(9-7-18)24-22-16-28(14-3-4-15-29(22)23(24)17-30)25(31)27-21-12-10-20(26)11-13-21/h2,5-13,22-24,30H,3-4,14-17H2,1H3,(H,27,31)/t22-,23+,24-/m0/s1. The fourth-order valence-corrected chi connectivity index (χ4v) is 4.88. The zero-order chi connectivity index (χ0) is 21.8. The summed E-state index contributed by atoms with van der Waals surface area (Å²) in [5, 5.41) is 13.0. The van der Waals surface area contributed by atoms with Crippen molar-refractivity contribution in [1.29, 1.82) is 0 Å². The second-order valence-corrected chi connectivity index (χ2v) is 8.34. The van der Waals surface area contributed by atoms with E-state index in [0.717, 1.165) is 24.9 Å². The smallest absolute Gasteiger partial charge is 0.321 e. The molecule has 164 valence electrons. The number of allylic oxidation sites excluding steroid dienone is 1. The molecule has 2 aromatic carbocycles. The molecule has 0 aromatic heterocycles. The zero-order valence-electron chi connectivity index (χ0n) is 17.9. The molecule has 2 fully saturated rings. The van der Waals surface area contributed by atoms with Gasteiger partial charge in [0.05, 0.1) is 6.61 Å². The normalized spacial score (nSPS) is 24.2. The second kappa shape index (κ2) is 9.62. The summed E-state index contributed by atoms with van der Waals surface area (Å²) in [6.45, 7) is 4.34. The first-order chi connectivity index (χ1) is 15.1. The van der Waals surface area contributed by atoms with Crippen molar-refractivity contribution in [2.45, 2.75) is 37.8 Å². The van der Waals surface area contributed by atoms with E-state index in [0.29, 0.717) is 18.8 Å². The number of amides is 2. The number of hydrogen-bond acceptors (Lipinski definition) is 3. The van der Waals surface area contributed by atoms with Gasteiger partial charge in [-0.05, 0) is 61.7 Å². The minimum absolute atomic E-state index is 0.0812. The van der Waals surface area contributed by atoms with Crippen molar-refractivity contribution < 1.29 is 14.3 Å². The summed E-state index contributed by atoms with van der Waals surface area (Å²) in [6.07, 6.45) is 5.99. The first-order valence-corrected chi connectivity index (χ1v) is 11.0. The van der Waals surface area contributed by atoms with Crippen LogP contribution in [0.1, 0.15) is 36.8 Å². The summed E-state index contributed by atoms with van der Waals surface area (Å²) in [5.74, 6) is -0.142. The molecule has 2 saturated heterocycles. The minimum atomic E-state index is -0.326. The number of urea groups is 1. The van der Waals surface area contributed by atoms with Crippen molar-refractivity contribution in [3.05, 3.63) is 71.6 Å². The Kier molecular flexibility index (Phi) is 6.68. The van der Waals surface area contributed by atoms with Crippen LogP contribution in [0.5, 0.6) is 0 Å². The van der Waals surface area contributed by atoms with Crippen LogP contribution in [0.25, 0.3) is 6.08 Å². The molecule has 0 aliphatic carbocycles. The number of rotatable bonds is 4. The average molecular weight is 424 g/mol. The van der Waals surface area contributed by atoms with Crippen molar-refractivity contribution in [3.63, 3.8) is 0 Å². The summed E-state index contributed by atoms with van der Waals surface area (Å²) in [7, 11) is 0. The predicted octanol–water partition coefficient (Wildman–Crippen LogP) is 4.32. The molecule has 6 heteroatoms. The van der Waals surface area contributed by atoms with E-state index in [1.165, 1.54) is 17.7 Å². The quantitative estimate of drug-likeness (QED) is 0.770. The van der Waals surface area contributed by atoms with Crippen molar-refractivity contribution >= 4 is 17.8 Å². The first-order valence-electron chi connectivity index (χ1n) is 11.0. The predicted molar refractivity (Wildman–Crippen MR) is 121 cm³/mol. The maximum absolute atomic E-state index is 13.2. The molecular formula is C25H30FN3O2. The summed E-state index contributed by atoms with van der Waals surface area (Å²) in [6, 6.07) is 14.4. The van der Waals surface area contributed by atoms with Gasteiger partial charge in [-0.25, -0.2) is 9.18 Å². The lowest BCUT2D eigenvalue weighted by molar-refractivity contribution is -0.0585. The molecule has 3 atom stereocenters. The van der Waals surface area contributed by atoms with Crippen LogP contribution < -0.4 is 5.32 Å². The number of fused-ring (bicyclic) bond motifs is 1. The molecule has 2 heterocycles. The Labute approximate surface area is 183 Å². The van der Waals surface area contributed by atoms with Crippen molar-refractivity contribution in [2.24, 2.45) is 0 Å². The van der Waals surface area contributed by atoms with Gasteiger partial charge in [-0.15, -0.1) is 0 Å². The van der Waals surface area contributed by atoms with Crippen LogP contribution in [0.4, 0.5) is 14.9 Å². The van der Waals surface area contributed by atoms with Crippen LogP contribution in [0.15, 0.2) is 54.6 Å². The molecule has 2 amide bonds. The largest absolute Gasteiger partial charge is 0.395 e. The maximum atomic E-state index is 13.2. The molecule has 0 spiro atoms. The van der Waals surface area contributed by atoms with E-state index >= 15 is 0 Å². The van der Waals surface area contributed by atoms with Gasteiger partial charge >= 0.3 is 6.03 Å². The number of nitrogens with zero attached hydrogens (tertiary/aromatic N) is 2. The van der Waals surface area contributed by atoms with Crippen molar-refractivity contribution in [2.75, 3.05) is 31.6 Å². The molecule has 2 aliphatic rings. The van der Waals surface area contributed by atoms with Gasteiger partial charge in [0.15, 0.2) is 0 Å². The van der Waals surface area contributed by atoms with E-state index in [1.54, 1.807) is 12.1 Å². The monoisotopic (exact) mass is 423 g/mol. The van der Waals surface area contributed by atoms with Gasteiger partial charge in [0, 0.05) is 36.8 Å². The van der Waals surface area contributed by atoms with Crippen LogP contribution >= 0.6 is 0 Å². The minimum Gasteiger partial charge on any atom is -0.395 e. The van der Waals surface area contributed by atoms with Crippen LogP contribution in [0.3, 0.4) is 0 Å². The second-order valence-electron chi connectivity index (χ2n) is 8.34. The number of halogens is 1. The molecule has 0 bridgehead atoms. The van der Waals surface area contributed by atoms with Crippen LogP contribution in [-0.2, 0) is 0 Å². The summed E-state index contributed by atoms with van der Waals surface area (Å²) in [5.41, 5.74) is 2.94. The number of carbonyl (C=O) groups excluding carboxylic acids is 1. The van der Waals surface area contributed by atoms with Gasteiger partial charge in [-0.1, -0.05) is 36.4 Å². The van der Waals surface area contributed by atoms with E-state index in [-0.39, 0.29) is 36.5 Å². The Morgan fingerprint density at radius 2 is 1.84 bits per heavy atom. The van der Waals surface area contributed by atoms with E-state index in [9.17, 15) is 14.3 Å². The van der Waals surface area contributed by atoms with Crippen LogP contribution in [0, 0.1) is 5.82 Å². The highest BCUT2D eigenvalue weighted by molar-refractivity contribution is 5.89. The molecule has 2 aliphatic heterocycles. The summed E-state index contributed by atoms with van der Waals surface area (Å²) >= 11 is 0. The highest BCUT2D eigenvalue weighted by Crippen LogP contribution is 2.42. The molecule has 2 N–H and O–H groups in total. The third-order valence-electron chi connectivity index (χ3n) is 6.43. The topological polar surface area (TPSA) is 55.8 Å². The number of aliphatic hydroxyl groups is 1. The highest BCUT2D eigenvalue weighted by atomic mass is 19.1. The molecule has 31 heavy (non-hydrogen) atoms. The zero-order valence-corrected chi connectivity index (χ0v) is 17.9. The Hall–Kier alpha value is -2.70. The van der Waals surface area contributed by atoms with Crippen LogP contribution in [-0.4, -0.2) is 59.3 Å². The van der Waals surface area contributed by atoms with E-state index in [1.807, 2.05) is 17.9 Å². The molecule has 0 radical (unpaired) electrons. The number of anilines is 1. The summed E-state index contributed by atoms with van der Waals surface area (Å²) in [4.78, 5) is 17.2. The lowest BCUT2D eigenvalue weighted by Gasteiger charge is -2.57. The molecular weight excluding hydrogens is 393 g/mol. The first kappa shape index (κ1) is 21.5. The van der Waals surface area contributed by atoms with Gasteiger partial charge in [-0.2, -0.15) is 0 Å². The SMILES string of the molecule is CC=Cc1ccc([C@@H]2[C@@H](CO)N3CCCCN(C(=O)Nc4ccc(F)cc4)C[C@@H]23)cc1. The van der Waals surface area contributed by atoms with Gasteiger partial charge in [0.25, 0.3) is 0 Å². The van der Waals surface area contributed by atoms with E-state index < -0.39 is 0 Å². The number of benzene rings is 2. The Bertz CT molecular complexity index is 913. The number of nitrogens with one attached hydrogen (secondary N) is 1. The fraction of sp³-hybridized carbons (Fsp3) is 0.400. The molecule has 4 rings (SSSR count). The van der Waals surface area contributed by atoms with Gasteiger partial charge < -0.3 is 15.3 Å². The van der Waals surface area contributed by atoms with E-state index in [4.69, 9.17) is 0 Å². The Morgan fingerprint density at radius 3 is 2.52 bits per heavy atom. The lowest BCUT2D eigenvalue weighted by Crippen LogP contribution is -2.68. The Morgan fingerprint density at radius 1 is 1.13 bits per heavy atom.